The molecule has 2 amide bonds. The number of methoxy groups -OCH3 is 1. The Morgan fingerprint density at radius 1 is 0.882 bits per heavy atom. The van der Waals surface area contributed by atoms with Crippen LogP contribution in [0.15, 0.2) is 54.6 Å². The Hall–Kier alpha value is -3.07. The van der Waals surface area contributed by atoms with Crippen LogP contribution in [0.2, 0.25) is 0 Å². The summed E-state index contributed by atoms with van der Waals surface area (Å²) >= 11 is 1.36. The number of ketones is 1. The number of carbonyl (C=O) groups excluding carboxylic acids is 4. The number of Topliss-reactive ketones (excluding diaryl/α,β-unsaturated/α-hetero) is 1. The average molecular weight is 741 g/mol. The topological polar surface area (TPSA) is 111 Å². The minimum absolute atomic E-state index is 0.0565. The molecule has 51 heavy (non-hydrogen) atoms. The standard InChI is InChI=1S/C40H57N2O7PS/c1-5-8-24-50(25-9-6-2,26-10-7-3)38(40(46)49-28-31-16-18-33(47-4)19-17-31)42-37(45)36(41-35(44)27-30-14-12-11-13-15-30)39(42)51-29-34(43)32-20-22-48-23-21-32/h11-19,32,36,39H,5-10,20-29H2,1-4H3,(H,41,44)/t36-,39-/m1/s1. The smallest absolute Gasteiger partial charge is 0.355 e. The molecule has 0 unspecified atom stereocenters. The van der Waals surface area contributed by atoms with Crippen molar-refractivity contribution >= 4 is 47.6 Å². The molecule has 0 saturated carbocycles. The number of nitrogens with one attached hydrogen (secondary N) is 1. The second-order valence-corrected chi connectivity index (χ2v) is 18.8. The van der Waals surface area contributed by atoms with E-state index >= 15 is 0 Å². The summed E-state index contributed by atoms with van der Waals surface area (Å²) < 4.78 is 16.9. The Morgan fingerprint density at radius 2 is 1.49 bits per heavy atom. The summed E-state index contributed by atoms with van der Waals surface area (Å²) in [6, 6.07) is 16.0. The van der Waals surface area contributed by atoms with Crippen LogP contribution in [0.1, 0.15) is 83.3 Å². The van der Waals surface area contributed by atoms with Crippen molar-refractivity contribution < 1.29 is 33.4 Å². The molecule has 0 spiro atoms. The monoisotopic (exact) mass is 740 g/mol. The number of β-lactam (4-membered cyclic amide) rings is 1. The van der Waals surface area contributed by atoms with Gasteiger partial charge in [0.1, 0.15) is 35.0 Å². The first-order valence-electron chi connectivity index (χ1n) is 18.7. The number of nitrogens with zero attached hydrogens (tertiary/aromatic N) is 1. The third-order valence-electron chi connectivity index (χ3n) is 9.85. The zero-order chi connectivity index (χ0) is 36.6. The Bertz CT molecular complexity index is 1470. The van der Waals surface area contributed by atoms with Crippen LogP contribution in [-0.4, -0.2) is 89.9 Å². The molecule has 1 N–H and O–H groups in total. The lowest BCUT2D eigenvalue weighted by Gasteiger charge is -2.49. The van der Waals surface area contributed by atoms with Gasteiger partial charge in [0.25, 0.3) is 5.91 Å². The van der Waals surface area contributed by atoms with E-state index in [1.807, 2.05) is 54.6 Å². The summed E-state index contributed by atoms with van der Waals surface area (Å²) in [4.78, 5) is 57.5. The molecule has 0 radical (unpaired) electrons. The number of likely N-dealkylation sites (tertiary alicyclic amines) is 1. The molecule has 280 valence electrons. The maximum Gasteiger partial charge on any atom is 0.355 e. The van der Waals surface area contributed by atoms with Crippen molar-refractivity contribution in [1.29, 1.82) is 0 Å². The van der Waals surface area contributed by atoms with Gasteiger partial charge in [0.05, 0.1) is 19.3 Å². The van der Waals surface area contributed by atoms with E-state index in [2.05, 4.69) is 26.1 Å². The maximum absolute atomic E-state index is 14.6. The van der Waals surface area contributed by atoms with Gasteiger partial charge in [0.2, 0.25) is 5.91 Å². The number of unbranched alkanes of at least 4 members (excludes halogenated alkanes) is 3. The van der Waals surface area contributed by atoms with E-state index in [1.165, 1.54) is 11.8 Å². The lowest BCUT2D eigenvalue weighted by Crippen LogP contribution is -2.72. The molecule has 2 aromatic rings. The Balaban J connectivity index is 1.74. The predicted octanol–water partition coefficient (Wildman–Crippen LogP) is 6.91. The number of benzene rings is 2. The van der Waals surface area contributed by atoms with Crippen LogP contribution in [0.3, 0.4) is 0 Å². The van der Waals surface area contributed by atoms with Crippen molar-refractivity contribution in [2.45, 2.75) is 96.6 Å². The molecule has 2 aromatic carbocycles. The summed E-state index contributed by atoms with van der Waals surface area (Å²) in [7, 11) is 1.61. The maximum atomic E-state index is 14.6. The van der Waals surface area contributed by atoms with Crippen LogP contribution in [0.25, 0.3) is 0 Å². The van der Waals surface area contributed by atoms with Crippen molar-refractivity contribution in [2.24, 2.45) is 5.92 Å². The zero-order valence-corrected chi connectivity index (χ0v) is 32.6. The highest BCUT2D eigenvalue weighted by molar-refractivity contribution is 8.00. The highest BCUT2D eigenvalue weighted by Crippen LogP contribution is 2.54. The van der Waals surface area contributed by atoms with Crippen LogP contribution >= 0.6 is 18.6 Å². The van der Waals surface area contributed by atoms with Crippen LogP contribution in [-0.2, 0) is 41.7 Å². The largest absolute Gasteiger partial charge is 0.497 e. The van der Waals surface area contributed by atoms with Gasteiger partial charge in [0, 0.05) is 19.1 Å². The number of ether oxygens (including phenoxy) is 3. The van der Waals surface area contributed by atoms with Crippen molar-refractivity contribution in [1.82, 2.24) is 10.2 Å². The summed E-state index contributed by atoms with van der Waals surface area (Å²) in [6.45, 7) is 5.41. The number of amides is 2. The van der Waals surface area contributed by atoms with Gasteiger partial charge in [-0.1, -0.05) is 89.4 Å². The third-order valence-corrected chi connectivity index (χ3v) is 15.9. The van der Waals surface area contributed by atoms with E-state index in [-0.39, 0.29) is 42.3 Å². The second-order valence-electron chi connectivity index (χ2n) is 13.6. The highest BCUT2D eigenvalue weighted by atomic mass is 32.2. The Morgan fingerprint density at radius 3 is 2.06 bits per heavy atom. The molecule has 11 heteroatoms. The van der Waals surface area contributed by atoms with Crippen molar-refractivity contribution in [2.75, 3.05) is 44.6 Å². The first-order valence-corrected chi connectivity index (χ1v) is 22.1. The Kier molecular flexibility index (Phi) is 16.6. The SMILES string of the molecule is CCCCP(CCCC)(CCCC)=C(C(=O)OCc1ccc(OC)cc1)N1C(=O)[C@@H](NC(=O)Cc2ccccc2)[C@H]1SCC(=O)C1CCOCC1. The van der Waals surface area contributed by atoms with Gasteiger partial charge in [-0.3, -0.25) is 19.3 Å². The Labute approximate surface area is 308 Å². The first kappa shape index (κ1) is 40.7. The van der Waals surface area contributed by atoms with E-state index in [9.17, 15) is 19.2 Å². The molecule has 2 saturated heterocycles. The summed E-state index contributed by atoms with van der Waals surface area (Å²) in [5.74, 6) is -0.128. The number of hydrogen-bond donors (Lipinski definition) is 1. The van der Waals surface area contributed by atoms with Gasteiger partial charge in [-0.2, -0.15) is 0 Å². The molecule has 2 aliphatic rings. The molecule has 0 aromatic heterocycles. The minimum Gasteiger partial charge on any atom is -0.497 e. The van der Waals surface area contributed by atoms with Gasteiger partial charge in [0.15, 0.2) is 0 Å². The van der Waals surface area contributed by atoms with Crippen LogP contribution in [0.4, 0.5) is 0 Å². The zero-order valence-electron chi connectivity index (χ0n) is 30.9. The molecule has 2 heterocycles. The lowest BCUT2D eigenvalue weighted by molar-refractivity contribution is -0.146. The van der Waals surface area contributed by atoms with Crippen molar-refractivity contribution in [3.63, 3.8) is 0 Å². The van der Waals surface area contributed by atoms with Gasteiger partial charge in [-0.15, -0.1) is 11.8 Å². The molecular formula is C40H57N2O7PS. The average Bonchev–Trinajstić information content (AvgIpc) is 3.16. The van der Waals surface area contributed by atoms with Crippen LogP contribution in [0.5, 0.6) is 5.75 Å². The molecule has 0 aliphatic carbocycles. The van der Waals surface area contributed by atoms with Gasteiger partial charge in [-0.05, 0) is 73.8 Å². The fourth-order valence-corrected chi connectivity index (χ4v) is 13.4. The van der Waals surface area contributed by atoms with Crippen LogP contribution in [0, 0.1) is 5.92 Å². The fraction of sp³-hybridized carbons (Fsp3) is 0.575. The number of thioether (sulfide) groups is 1. The van der Waals surface area contributed by atoms with Crippen molar-refractivity contribution in [3.05, 3.63) is 65.7 Å². The molecule has 9 nitrogen and oxygen atoms in total. The van der Waals surface area contributed by atoms with E-state index in [4.69, 9.17) is 14.2 Å². The second kappa shape index (κ2) is 20.8. The molecule has 2 fully saturated rings. The van der Waals surface area contributed by atoms with E-state index in [0.29, 0.717) is 37.2 Å². The van der Waals surface area contributed by atoms with Gasteiger partial charge < -0.3 is 19.5 Å². The van der Waals surface area contributed by atoms with E-state index < -0.39 is 24.3 Å². The molecule has 2 atom stereocenters. The fourth-order valence-electron chi connectivity index (χ4n) is 6.79. The number of esters is 1. The molecular weight excluding hydrogens is 683 g/mol. The number of rotatable bonds is 21. The van der Waals surface area contributed by atoms with E-state index in [1.54, 1.807) is 12.0 Å². The summed E-state index contributed by atoms with van der Waals surface area (Å²) in [5.41, 5.74) is 2.15. The minimum atomic E-state index is -2.23. The van der Waals surface area contributed by atoms with Gasteiger partial charge >= 0.3 is 5.97 Å². The van der Waals surface area contributed by atoms with Gasteiger partial charge in [-0.25, -0.2) is 4.79 Å². The first-order chi connectivity index (χ1) is 24.8. The van der Waals surface area contributed by atoms with Crippen LogP contribution < -0.4 is 10.1 Å². The third kappa shape index (κ3) is 11.2. The van der Waals surface area contributed by atoms with Crippen molar-refractivity contribution in [3.8, 4) is 5.75 Å². The lowest BCUT2D eigenvalue weighted by atomic mass is 9.96. The van der Waals surface area contributed by atoms with E-state index in [0.717, 1.165) is 68.1 Å². The predicted molar refractivity (Wildman–Crippen MR) is 208 cm³/mol. The molecule has 0 bridgehead atoms. The quantitative estimate of drug-likeness (QED) is 0.0836. The molecule has 4 rings (SSSR count). The summed E-state index contributed by atoms with van der Waals surface area (Å²) in [5, 5.41) is 2.39. The normalized spacial score (nSPS) is 17.8. The number of carbonyl (C=O) groups is 4. The molecule has 2 aliphatic heterocycles. The summed E-state index contributed by atoms with van der Waals surface area (Å²) in [6.07, 6.45) is 9.77. The highest BCUT2D eigenvalue weighted by Gasteiger charge is 2.54. The number of hydrogen-bond acceptors (Lipinski definition) is 8.